The van der Waals surface area contributed by atoms with Gasteiger partial charge in [0, 0.05) is 0 Å². The van der Waals surface area contributed by atoms with Gasteiger partial charge in [-0.15, -0.1) is 0 Å². The molecule has 12 heavy (non-hydrogen) atoms. The van der Waals surface area contributed by atoms with Crippen LogP contribution in [0.15, 0.2) is 0 Å². The Morgan fingerprint density at radius 1 is 1.08 bits per heavy atom. The minimum atomic E-state index is 0.626. The van der Waals surface area contributed by atoms with Gasteiger partial charge < -0.3 is 0 Å². The Morgan fingerprint density at radius 3 is 2.33 bits per heavy atom. The maximum absolute atomic E-state index is 2.49. The smallest absolute Gasteiger partial charge is 0.0295 e. The minimum absolute atomic E-state index is 0.626. The second-order valence-electron chi connectivity index (χ2n) is 5.77. The van der Waals surface area contributed by atoms with Crippen molar-refractivity contribution in [1.82, 2.24) is 0 Å². The van der Waals surface area contributed by atoms with Gasteiger partial charge in [0.05, 0.1) is 0 Å². The second-order valence-corrected chi connectivity index (χ2v) is 5.77. The zero-order valence-electron chi connectivity index (χ0n) is 8.93. The highest BCUT2D eigenvalue weighted by Gasteiger charge is 2.50. The maximum Gasteiger partial charge on any atom is -0.0295 e. The molecule has 2 fully saturated rings. The van der Waals surface area contributed by atoms with Crippen LogP contribution in [0.5, 0.6) is 0 Å². The lowest BCUT2D eigenvalue weighted by Gasteiger charge is -2.34. The van der Waals surface area contributed by atoms with E-state index in [9.17, 15) is 0 Å². The summed E-state index contributed by atoms with van der Waals surface area (Å²) in [4.78, 5) is 0. The molecule has 0 saturated heterocycles. The minimum Gasteiger partial charge on any atom is -0.0622 e. The first kappa shape index (κ1) is 8.59. The van der Waals surface area contributed by atoms with Crippen LogP contribution < -0.4 is 0 Å². The summed E-state index contributed by atoms with van der Waals surface area (Å²) in [6, 6.07) is 0. The Balaban J connectivity index is 2.27. The number of fused-ring (bicyclic) bond motifs is 2. The van der Waals surface area contributed by atoms with Crippen LogP contribution in [0.1, 0.15) is 47.0 Å². The van der Waals surface area contributed by atoms with Crippen molar-refractivity contribution >= 4 is 0 Å². The van der Waals surface area contributed by atoms with Crippen molar-refractivity contribution in [3.8, 4) is 0 Å². The molecule has 2 saturated carbocycles. The Bertz CT molecular complexity index is 180. The van der Waals surface area contributed by atoms with E-state index < -0.39 is 0 Å². The molecule has 0 aromatic carbocycles. The fraction of sp³-hybridized carbons (Fsp3) is 1.00. The highest BCUT2D eigenvalue weighted by molar-refractivity contribution is 4.99. The molecular formula is C12H22. The van der Waals surface area contributed by atoms with Gasteiger partial charge in [0.25, 0.3) is 0 Å². The predicted molar refractivity (Wildman–Crippen MR) is 52.9 cm³/mol. The van der Waals surface area contributed by atoms with Gasteiger partial charge in [-0.2, -0.15) is 0 Å². The normalized spacial score (nSPS) is 51.0. The van der Waals surface area contributed by atoms with Crippen LogP contribution >= 0.6 is 0 Å². The molecule has 4 atom stereocenters. The van der Waals surface area contributed by atoms with E-state index in [2.05, 4.69) is 27.7 Å². The quantitative estimate of drug-likeness (QED) is 0.514. The fourth-order valence-electron chi connectivity index (χ4n) is 3.79. The van der Waals surface area contributed by atoms with Crippen LogP contribution in [-0.2, 0) is 0 Å². The fourth-order valence-corrected chi connectivity index (χ4v) is 3.79. The monoisotopic (exact) mass is 166 g/mol. The van der Waals surface area contributed by atoms with Crippen LogP contribution in [0.2, 0.25) is 0 Å². The number of rotatable bonds is 0. The van der Waals surface area contributed by atoms with E-state index in [1.807, 2.05) is 0 Å². The lowest BCUT2D eigenvalue weighted by Crippen LogP contribution is -2.27. The van der Waals surface area contributed by atoms with E-state index in [-0.39, 0.29) is 0 Å². The third kappa shape index (κ3) is 0.963. The van der Waals surface area contributed by atoms with Gasteiger partial charge in [0.2, 0.25) is 0 Å². The molecule has 0 aromatic rings. The topological polar surface area (TPSA) is 0 Å². The van der Waals surface area contributed by atoms with Gasteiger partial charge in [-0.05, 0) is 41.9 Å². The van der Waals surface area contributed by atoms with Gasteiger partial charge in [-0.1, -0.05) is 34.1 Å². The predicted octanol–water partition coefficient (Wildman–Crippen LogP) is 3.71. The van der Waals surface area contributed by atoms with Crippen LogP contribution in [-0.4, -0.2) is 0 Å². The van der Waals surface area contributed by atoms with Crippen LogP contribution in [0, 0.1) is 29.1 Å². The summed E-state index contributed by atoms with van der Waals surface area (Å²) in [5.74, 6) is 4.03. The van der Waals surface area contributed by atoms with Crippen molar-refractivity contribution in [2.75, 3.05) is 0 Å². The average molecular weight is 166 g/mol. The van der Waals surface area contributed by atoms with Crippen LogP contribution in [0.25, 0.3) is 0 Å². The first-order chi connectivity index (χ1) is 5.53. The molecule has 0 heteroatoms. The maximum atomic E-state index is 2.49. The summed E-state index contributed by atoms with van der Waals surface area (Å²) in [5, 5.41) is 0. The Morgan fingerprint density at radius 2 is 1.75 bits per heavy atom. The highest BCUT2D eigenvalue weighted by Crippen LogP contribution is 2.58. The molecule has 0 heterocycles. The molecule has 0 aromatic heterocycles. The number of hydrogen-bond acceptors (Lipinski definition) is 0. The molecule has 0 nitrogen and oxygen atoms in total. The van der Waals surface area contributed by atoms with E-state index >= 15 is 0 Å². The largest absolute Gasteiger partial charge is 0.0622 e. The SMILES string of the molecule is CC1CCC2CC1C(C)(C)C2C. The lowest BCUT2D eigenvalue weighted by molar-refractivity contribution is 0.150. The van der Waals surface area contributed by atoms with Gasteiger partial charge in [0.1, 0.15) is 0 Å². The summed E-state index contributed by atoms with van der Waals surface area (Å²) in [6.07, 6.45) is 4.51. The van der Waals surface area contributed by atoms with Gasteiger partial charge in [0.15, 0.2) is 0 Å². The Labute approximate surface area is 76.7 Å². The van der Waals surface area contributed by atoms with Crippen molar-refractivity contribution in [1.29, 1.82) is 0 Å². The molecule has 4 unspecified atom stereocenters. The van der Waals surface area contributed by atoms with Crippen molar-refractivity contribution in [3.05, 3.63) is 0 Å². The molecular weight excluding hydrogens is 144 g/mol. The molecule has 0 radical (unpaired) electrons. The number of hydrogen-bond donors (Lipinski definition) is 0. The van der Waals surface area contributed by atoms with Gasteiger partial charge >= 0.3 is 0 Å². The van der Waals surface area contributed by atoms with Crippen LogP contribution in [0.4, 0.5) is 0 Å². The zero-order chi connectivity index (χ0) is 8.93. The molecule has 0 spiro atoms. The third-order valence-electron chi connectivity index (χ3n) is 5.07. The highest BCUT2D eigenvalue weighted by atomic mass is 14.6. The lowest BCUT2D eigenvalue weighted by atomic mass is 9.71. The molecule has 2 aliphatic rings. The molecule has 0 amide bonds. The summed E-state index contributed by atoms with van der Waals surface area (Å²) in [7, 11) is 0. The molecule has 2 bridgehead atoms. The van der Waals surface area contributed by atoms with E-state index in [1.165, 1.54) is 19.3 Å². The van der Waals surface area contributed by atoms with E-state index in [1.54, 1.807) is 0 Å². The average Bonchev–Trinajstić information content (AvgIpc) is 2.20. The Hall–Kier alpha value is 0. The second kappa shape index (κ2) is 2.49. The summed E-state index contributed by atoms with van der Waals surface area (Å²) in [6.45, 7) is 9.91. The molecule has 2 aliphatic carbocycles. The van der Waals surface area contributed by atoms with Gasteiger partial charge in [-0.3, -0.25) is 0 Å². The van der Waals surface area contributed by atoms with E-state index in [0.717, 1.165) is 23.7 Å². The van der Waals surface area contributed by atoms with Crippen molar-refractivity contribution in [2.45, 2.75) is 47.0 Å². The summed E-state index contributed by atoms with van der Waals surface area (Å²) >= 11 is 0. The summed E-state index contributed by atoms with van der Waals surface area (Å²) in [5.41, 5.74) is 0.626. The van der Waals surface area contributed by atoms with E-state index in [4.69, 9.17) is 0 Å². The van der Waals surface area contributed by atoms with E-state index in [0.29, 0.717) is 5.41 Å². The standard InChI is InChI=1S/C12H22/c1-8-5-6-10-7-11(8)12(3,4)9(10)2/h8-11H,5-7H2,1-4H3. The van der Waals surface area contributed by atoms with Crippen molar-refractivity contribution in [3.63, 3.8) is 0 Å². The van der Waals surface area contributed by atoms with Crippen LogP contribution in [0.3, 0.4) is 0 Å². The first-order valence-corrected chi connectivity index (χ1v) is 5.53. The molecule has 0 N–H and O–H groups in total. The molecule has 70 valence electrons. The summed E-state index contributed by atoms with van der Waals surface area (Å²) < 4.78 is 0. The zero-order valence-corrected chi connectivity index (χ0v) is 8.93. The Kier molecular flexibility index (Phi) is 1.79. The molecule has 2 rings (SSSR count). The van der Waals surface area contributed by atoms with Gasteiger partial charge in [-0.25, -0.2) is 0 Å². The van der Waals surface area contributed by atoms with Crippen molar-refractivity contribution in [2.24, 2.45) is 29.1 Å². The third-order valence-corrected chi connectivity index (χ3v) is 5.07. The van der Waals surface area contributed by atoms with Crippen molar-refractivity contribution < 1.29 is 0 Å². The molecule has 0 aliphatic heterocycles. The first-order valence-electron chi connectivity index (χ1n) is 5.53.